The Morgan fingerprint density at radius 3 is 2.71 bits per heavy atom. The molecule has 1 aromatic rings. The lowest BCUT2D eigenvalue weighted by atomic mass is 10.2. The topological polar surface area (TPSA) is 21.3 Å². The maximum atomic E-state index is 5.73. The van der Waals surface area contributed by atoms with Crippen molar-refractivity contribution in [1.82, 2.24) is 5.32 Å². The predicted octanol–water partition coefficient (Wildman–Crippen LogP) is 4.13. The van der Waals surface area contributed by atoms with Crippen molar-refractivity contribution in [1.29, 1.82) is 0 Å². The normalized spacial score (nSPS) is 10.5. The van der Waals surface area contributed by atoms with E-state index in [0.717, 1.165) is 36.3 Å². The van der Waals surface area contributed by atoms with Crippen molar-refractivity contribution in [2.75, 3.05) is 13.2 Å². The predicted molar refractivity (Wildman–Crippen MR) is 76.5 cm³/mol. The van der Waals surface area contributed by atoms with Crippen molar-refractivity contribution in [3.63, 3.8) is 0 Å². The van der Waals surface area contributed by atoms with Gasteiger partial charge in [-0.25, -0.2) is 0 Å². The third-order valence-corrected chi connectivity index (χ3v) is 3.20. The quantitative estimate of drug-likeness (QED) is 0.729. The molecule has 1 N–H and O–H groups in total. The first kappa shape index (κ1) is 14.5. The molecule has 0 atom stereocenters. The molecule has 0 saturated carbocycles. The van der Waals surface area contributed by atoms with E-state index in [0.29, 0.717) is 0 Å². The van der Waals surface area contributed by atoms with Crippen molar-refractivity contribution in [3.05, 3.63) is 28.2 Å². The molecule has 96 valence electrons. The fourth-order valence-electron chi connectivity index (χ4n) is 1.57. The number of halogens is 1. The van der Waals surface area contributed by atoms with Gasteiger partial charge in [-0.1, -0.05) is 32.8 Å². The molecular weight excluding hydrogens is 278 g/mol. The van der Waals surface area contributed by atoms with Gasteiger partial charge >= 0.3 is 0 Å². The Labute approximate surface area is 113 Å². The molecule has 0 spiro atoms. The van der Waals surface area contributed by atoms with E-state index in [1.54, 1.807) is 0 Å². The van der Waals surface area contributed by atoms with E-state index in [2.05, 4.69) is 47.2 Å². The van der Waals surface area contributed by atoms with Crippen LogP contribution >= 0.6 is 15.9 Å². The molecule has 0 saturated heterocycles. The summed E-state index contributed by atoms with van der Waals surface area (Å²) in [6, 6.07) is 6.28. The summed E-state index contributed by atoms with van der Waals surface area (Å²) in [6.07, 6.45) is 3.59. The molecule has 0 aliphatic carbocycles. The number of hydrogen-bond acceptors (Lipinski definition) is 2. The minimum atomic E-state index is 0.805. The van der Waals surface area contributed by atoms with Crippen LogP contribution in [0.25, 0.3) is 0 Å². The molecule has 0 unspecified atom stereocenters. The lowest BCUT2D eigenvalue weighted by molar-refractivity contribution is 0.304. The first-order valence-corrected chi connectivity index (χ1v) is 7.19. The van der Waals surface area contributed by atoms with E-state index in [1.165, 1.54) is 18.4 Å². The van der Waals surface area contributed by atoms with Gasteiger partial charge in [0, 0.05) is 6.54 Å². The molecule has 2 nitrogen and oxygen atoms in total. The minimum absolute atomic E-state index is 0.805. The van der Waals surface area contributed by atoms with Gasteiger partial charge in [-0.05, 0) is 46.6 Å². The van der Waals surface area contributed by atoms with Gasteiger partial charge in [-0.2, -0.15) is 0 Å². The summed E-state index contributed by atoms with van der Waals surface area (Å²) in [5.41, 5.74) is 1.28. The summed E-state index contributed by atoms with van der Waals surface area (Å²) in [5, 5.41) is 3.31. The molecule has 1 rings (SSSR count). The number of benzene rings is 1. The zero-order valence-electron chi connectivity index (χ0n) is 10.8. The second kappa shape index (κ2) is 8.54. The Morgan fingerprint density at radius 2 is 2.06 bits per heavy atom. The van der Waals surface area contributed by atoms with Gasteiger partial charge in [0.2, 0.25) is 0 Å². The van der Waals surface area contributed by atoms with E-state index in [-0.39, 0.29) is 0 Å². The van der Waals surface area contributed by atoms with Gasteiger partial charge < -0.3 is 10.1 Å². The summed E-state index contributed by atoms with van der Waals surface area (Å²) in [6.45, 7) is 7.02. The van der Waals surface area contributed by atoms with Gasteiger partial charge in [-0.3, -0.25) is 0 Å². The van der Waals surface area contributed by atoms with Crippen LogP contribution in [0.5, 0.6) is 5.75 Å². The number of rotatable bonds is 8. The molecule has 0 aliphatic rings. The first-order chi connectivity index (χ1) is 8.27. The van der Waals surface area contributed by atoms with E-state index >= 15 is 0 Å². The lowest BCUT2D eigenvalue weighted by Crippen LogP contribution is -2.11. The third-order valence-electron chi connectivity index (χ3n) is 2.58. The average Bonchev–Trinajstić information content (AvgIpc) is 2.34. The van der Waals surface area contributed by atoms with Crippen LogP contribution in [0, 0.1) is 0 Å². The maximum Gasteiger partial charge on any atom is 0.133 e. The van der Waals surface area contributed by atoms with E-state index in [9.17, 15) is 0 Å². The van der Waals surface area contributed by atoms with Crippen LogP contribution in [0.1, 0.15) is 38.7 Å². The SMILES string of the molecule is CCCCCOc1ccc(CNCC)cc1Br. The fraction of sp³-hybridized carbons (Fsp3) is 0.571. The average molecular weight is 300 g/mol. The molecular formula is C14H22BrNO. The van der Waals surface area contributed by atoms with Crippen LogP contribution in [0.15, 0.2) is 22.7 Å². The molecule has 0 amide bonds. The van der Waals surface area contributed by atoms with Crippen molar-refractivity contribution >= 4 is 15.9 Å². The standard InChI is InChI=1S/C14H22BrNO/c1-3-5-6-9-17-14-8-7-12(10-13(14)15)11-16-4-2/h7-8,10,16H,3-6,9,11H2,1-2H3. The van der Waals surface area contributed by atoms with Crippen molar-refractivity contribution in [2.45, 2.75) is 39.7 Å². The van der Waals surface area contributed by atoms with Crippen LogP contribution in [0.2, 0.25) is 0 Å². The second-order valence-electron chi connectivity index (χ2n) is 4.10. The molecule has 0 fully saturated rings. The summed E-state index contributed by atoms with van der Waals surface area (Å²) < 4.78 is 6.78. The molecule has 0 aromatic heterocycles. The van der Waals surface area contributed by atoms with Crippen LogP contribution in [0.3, 0.4) is 0 Å². The van der Waals surface area contributed by atoms with Crippen LogP contribution in [-0.4, -0.2) is 13.2 Å². The Kier molecular flexibility index (Phi) is 7.29. The summed E-state index contributed by atoms with van der Waals surface area (Å²) in [5.74, 6) is 0.946. The minimum Gasteiger partial charge on any atom is -0.492 e. The zero-order valence-corrected chi connectivity index (χ0v) is 12.3. The highest BCUT2D eigenvalue weighted by atomic mass is 79.9. The Bertz CT molecular complexity index is 328. The molecule has 0 aliphatic heterocycles. The van der Waals surface area contributed by atoms with Gasteiger partial charge in [0.25, 0.3) is 0 Å². The number of hydrogen-bond donors (Lipinski definition) is 1. The lowest BCUT2D eigenvalue weighted by Gasteiger charge is -2.09. The summed E-state index contributed by atoms with van der Waals surface area (Å²) in [7, 11) is 0. The molecule has 0 heterocycles. The van der Waals surface area contributed by atoms with Crippen molar-refractivity contribution in [3.8, 4) is 5.75 Å². The smallest absolute Gasteiger partial charge is 0.133 e. The number of ether oxygens (including phenoxy) is 1. The van der Waals surface area contributed by atoms with Gasteiger partial charge in [-0.15, -0.1) is 0 Å². The van der Waals surface area contributed by atoms with Gasteiger partial charge in [0.05, 0.1) is 11.1 Å². The van der Waals surface area contributed by atoms with Crippen molar-refractivity contribution < 1.29 is 4.74 Å². The van der Waals surface area contributed by atoms with Crippen LogP contribution in [0.4, 0.5) is 0 Å². The third kappa shape index (κ3) is 5.55. The molecule has 0 radical (unpaired) electrons. The van der Waals surface area contributed by atoms with E-state index in [1.807, 2.05) is 6.07 Å². The summed E-state index contributed by atoms with van der Waals surface area (Å²) in [4.78, 5) is 0. The van der Waals surface area contributed by atoms with E-state index < -0.39 is 0 Å². The highest BCUT2D eigenvalue weighted by Gasteiger charge is 2.02. The first-order valence-electron chi connectivity index (χ1n) is 6.39. The highest BCUT2D eigenvalue weighted by Crippen LogP contribution is 2.26. The summed E-state index contributed by atoms with van der Waals surface area (Å²) >= 11 is 3.56. The largest absolute Gasteiger partial charge is 0.492 e. The van der Waals surface area contributed by atoms with Gasteiger partial charge in [0.15, 0.2) is 0 Å². The van der Waals surface area contributed by atoms with Gasteiger partial charge in [0.1, 0.15) is 5.75 Å². The van der Waals surface area contributed by atoms with E-state index in [4.69, 9.17) is 4.74 Å². The Balaban J connectivity index is 2.45. The Morgan fingerprint density at radius 1 is 1.24 bits per heavy atom. The number of unbranched alkanes of at least 4 members (excludes halogenated alkanes) is 2. The molecule has 0 bridgehead atoms. The zero-order chi connectivity index (χ0) is 12.5. The molecule has 3 heteroatoms. The Hall–Kier alpha value is -0.540. The second-order valence-corrected chi connectivity index (χ2v) is 4.96. The van der Waals surface area contributed by atoms with Crippen LogP contribution in [-0.2, 0) is 6.54 Å². The fourth-order valence-corrected chi connectivity index (χ4v) is 2.12. The number of nitrogens with one attached hydrogen (secondary N) is 1. The monoisotopic (exact) mass is 299 g/mol. The van der Waals surface area contributed by atoms with Crippen LogP contribution < -0.4 is 10.1 Å². The van der Waals surface area contributed by atoms with Crippen molar-refractivity contribution in [2.24, 2.45) is 0 Å². The highest BCUT2D eigenvalue weighted by molar-refractivity contribution is 9.10. The maximum absolute atomic E-state index is 5.73. The molecule has 1 aromatic carbocycles. The molecule has 17 heavy (non-hydrogen) atoms.